The Balaban J connectivity index is 2.24. The molecule has 17 heavy (non-hydrogen) atoms. The second kappa shape index (κ2) is 5.20. The average molecular weight is 232 g/mol. The van der Waals surface area contributed by atoms with Crippen molar-refractivity contribution in [2.45, 2.75) is 51.4 Å². The van der Waals surface area contributed by atoms with Crippen LogP contribution in [0.15, 0.2) is 25.3 Å². The highest BCUT2D eigenvalue weighted by molar-refractivity contribution is 5.81. The summed E-state index contributed by atoms with van der Waals surface area (Å²) >= 11 is 0. The average Bonchev–Trinajstić information content (AvgIpc) is 2.69. The highest BCUT2D eigenvalue weighted by Crippen LogP contribution is 2.56. The molecule has 2 atom stereocenters. The lowest BCUT2D eigenvalue weighted by atomic mass is 9.57. The lowest BCUT2D eigenvalue weighted by Crippen LogP contribution is -2.39. The van der Waals surface area contributed by atoms with Gasteiger partial charge in [0.15, 0.2) is 0 Å². The third-order valence-electron chi connectivity index (χ3n) is 5.03. The van der Waals surface area contributed by atoms with Gasteiger partial charge >= 0.3 is 0 Å². The molecule has 2 fully saturated rings. The van der Waals surface area contributed by atoms with Crippen molar-refractivity contribution in [3.8, 4) is 0 Å². The summed E-state index contributed by atoms with van der Waals surface area (Å²) in [6, 6.07) is 0. The number of carbonyl (C=O) groups excluding carboxylic acids is 1. The molecule has 0 N–H and O–H groups in total. The summed E-state index contributed by atoms with van der Waals surface area (Å²) in [7, 11) is 0. The van der Waals surface area contributed by atoms with Gasteiger partial charge in [-0.25, -0.2) is 0 Å². The second-order valence-electron chi connectivity index (χ2n) is 5.82. The zero-order valence-electron chi connectivity index (χ0n) is 10.8. The van der Waals surface area contributed by atoms with Crippen molar-refractivity contribution in [3.05, 3.63) is 25.3 Å². The lowest BCUT2D eigenvalue weighted by Gasteiger charge is -2.47. The molecule has 1 heteroatoms. The number of hydrogen-bond donors (Lipinski definition) is 0. The van der Waals surface area contributed by atoms with Gasteiger partial charge in [-0.2, -0.15) is 0 Å². The maximum atomic E-state index is 11.8. The maximum absolute atomic E-state index is 11.8. The minimum Gasteiger partial charge on any atom is -0.300 e. The van der Waals surface area contributed by atoms with Crippen molar-refractivity contribution < 1.29 is 4.79 Å². The molecule has 0 amide bonds. The van der Waals surface area contributed by atoms with Crippen LogP contribution >= 0.6 is 0 Å². The van der Waals surface area contributed by atoms with E-state index in [4.69, 9.17) is 0 Å². The fourth-order valence-electron chi connectivity index (χ4n) is 4.24. The van der Waals surface area contributed by atoms with Gasteiger partial charge in [-0.15, -0.1) is 13.2 Å². The minimum absolute atomic E-state index is 0.289. The molecule has 0 heterocycles. The Bertz CT molecular complexity index is 297. The molecule has 0 aliphatic heterocycles. The van der Waals surface area contributed by atoms with Crippen molar-refractivity contribution in [1.29, 1.82) is 0 Å². The van der Waals surface area contributed by atoms with E-state index in [9.17, 15) is 4.79 Å². The SMILES string of the molecule is C=CCC1CCCC(CC=C)C12CCC(=O)C2. The molecule has 1 nitrogen and oxygen atoms in total. The van der Waals surface area contributed by atoms with Crippen LogP contribution in [0.1, 0.15) is 51.4 Å². The van der Waals surface area contributed by atoms with E-state index in [2.05, 4.69) is 13.2 Å². The van der Waals surface area contributed by atoms with E-state index in [1.165, 1.54) is 19.3 Å². The molecule has 0 aromatic carbocycles. The van der Waals surface area contributed by atoms with Crippen LogP contribution in [0.3, 0.4) is 0 Å². The first-order valence-electron chi connectivity index (χ1n) is 6.96. The minimum atomic E-state index is 0.289. The molecule has 0 aromatic rings. The summed E-state index contributed by atoms with van der Waals surface area (Å²) in [5.74, 6) is 1.85. The second-order valence-corrected chi connectivity index (χ2v) is 5.82. The third kappa shape index (κ3) is 2.25. The van der Waals surface area contributed by atoms with Gasteiger partial charge in [0, 0.05) is 12.8 Å². The molecule has 1 spiro atoms. The van der Waals surface area contributed by atoms with Crippen molar-refractivity contribution in [3.63, 3.8) is 0 Å². The molecule has 0 radical (unpaired) electrons. The normalized spacial score (nSPS) is 37.3. The van der Waals surface area contributed by atoms with E-state index >= 15 is 0 Å². The maximum Gasteiger partial charge on any atom is 0.133 e. The van der Waals surface area contributed by atoms with Gasteiger partial charge in [-0.1, -0.05) is 18.6 Å². The zero-order valence-corrected chi connectivity index (χ0v) is 10.8. The van der Waals surface area contributed by atoms with Gasteiger partial charge in [-0.05, 0) is 49.4 Å². The molecule has 0 saturated heterocycles. The molecule has 0 aromatic heterocycles. The summed E-state index contributed by atoms with van der Waals surface area (Å²) in [5.41, 5.74) is 0.289. The van der Waals surface area contributed by atoms with Crippen LogP contribution in [0.25, 0.3) is 0 Å². The summed E-state index contributed by atoms with van der Waals surface area (Å²) in [6.45, 7) is 7.79. The Morgan fingerprint density at radius 1 is 1.18 bits per heavy atom. The first-order chi connectivity index (χ1) is 8.23. The van der Waals surface area contributed by atoms with Crippen molar-refractivity contribution in [1.82, 2.24) is 0 Å². The van der Waals surface area contributed by atoms with Crippen molar-refractivity contribution in [2.24, 2.45) is 17.3 Å². The monoisotopic (exact) mass is 232 g/mol. The predicted molar refractivity (Wildman–Crippen MR) is 71.8 cm³/mol. The van der Waals surface area contributed by atoms with Gasteiger partial charge in [0.25, 0.3) is 0 Å². The third-order valence-corrected chi connectivity index (χ3v) is 5.03. The summed E-state index contributed by atoms with van der Waals surface area (Å²) in [5, 5.41) is 0. The van der Waals surface area contributed by atoms with Gasteiger partial charge < -0.3 is 0 Å². The Morgan fingerprint density at radius 2 is 1.76 bits per heavy atom. The Labute approximate surface area is 105 Å². The lowest BCUT2D eigenvalue weighted by molar-refractivity contribution is -0.119. The molecular formula is C16H24O. The van der Waals surface area contributed by atoms with Crippen molar-refractivity contribution >= 4 is 5.78 Å². The van der Waals surface area contributed by atoms with Gasteiger partial charge in [0.05, 0.1) is 0 Å². The summed E-state index contributed by atoms with van der Waals surface area (Å²) < 4.78 is 0. The quantitative estimate of drug-likeness (QED) is 0.661. The van der Waals surface area contributed by atoms with Crippen LogP contribution < -0.4 is 0 Å². The first kappa shape index (κ1) is 12.6. The summed E-state index contributed by atoms with van der Waals surface area (Å²) in [4.78, 5) is 11.8. The number of hydrogen-bond acceptors (Lipinski definition) is 1. The molecule has 2 unspecified atom stereocenters. The smallest absolute Gasteiger partial charge is 0.133 e. The topological polar surface area (TPSA) is 17.1 Å². The Hall–Kier alpha value is -0.850. The summed E-state index contributed by atoms with van der Waals surface area (Å²) in [6.07, 6.45) is 12.9. The van der Waals surface area contributed by atoms with E-state index in [1.54, 1.807) is 0 Å². The molecule has 0 bridgehead atoms. The molecule has 2 rings (SSSR count). The highest BCUT2D eigenvalue weighted by atomic mass is 16.1. The first-order valence-corrected chi connectivity index (χ1v) is 6.96. The Kier molecular flexibility index (Phi) is 3.86. The van der Waals surface area contributed by atoms with E-state index < -0.39 is 0 Å². The van der Waals surface area contributed by atoms with Crippen LogP contribution in [0, 0.1) is 17.3 Å². The predicted octanol–water partition coefficient (Wildman–Crippen LogP) is 4.29. The molecule has 94 valence electrons. The number of allylic oxidation sites excluding steroid dienone is 2. The van der Waals surface area contributed by atoms with Gasteiger partial charge in [0.1, 0.15) is 5.78 Å². The zero-order chi connectivity index (χ0) is 12.3. The van der Waals surface area contributed by atoms with Crippen LogP contribution in [0.5, 0.6) is 0 Å². The van der Waals surface area contributed by atoms with E-state index in [1.807, 2.05) is 12.2 Å². The van der Waals surface area contributed by atoms with E-state index in [-0.39, 0.29) is 5.41 Å². The fourth-order valence-corrected chi connectivity index (χ4v) is 4.24. The van der Waals surface area contributed by atoms with Crippen molar-refractivity contribution in [2.75, 3.05) is 0 Å². The van der Waals surface area contributed by atoms with Crippen LogP contribution in [-0.4, -0.2) is 5.78 Å². The standard InChI is InChI=1S/C16H24O/c1-3-6-13-8-5-9-14(7-4-2)16(13)11-10-15(17)12-16/h3-4,13-14H,1-2,5-12H2. The van der Waals surface area contributed by atoms with Gasteiger partial charge in [0.2, 0.25) is 0 Å². The number of rotatable bonds is 4. The molecular weight excluding hydrogens is 208 g/mol. The van der Waals surface area contributed by atoms with Crippen LogP contribution in [0.2, 0.25) is 0 Å². The van der Waals surface area contributed by atoms with E-state index in [0.29, 0.717) is 17.6 Å². The molecule has 2 saturated carbocycles. The van der Waals surface area contributed by atoms with Gasteiger partial charge in [-0.3, -0.25) is 4.79 Å². The molecule has 2 aliphatic carbocycles. The number of Topliss-reactive ketones (excluding diaryl/α,β-unsaturated/α-hetero) is 1. The highest BCUT2D eigenvalue weighted by Gasteiger charge is 2.50. The molecule has 2 aliphatic rings. The number of ketones is 1. The Morgan fingerprint density at radius 3 is 2.18 bits per heavy atom. The number of carbonyl (C=O) groups is 1. The van der Waals surface area contributed by atoms with Crippen LogP contribution in [0.4, 0.5) is 0 Å². The fraction of sp³-hybridized carbons (Fsp3) is 0.688. The largest absolute Gasteiger partial charge is 0.300 e. The van der Waals surface area contributed by atoms with Crippen LogP contribution in [-0.2, 0) is 4.79 Å². The van der Waals surface area contributed by atoms with E-state index in [0.717, 1.165) is 32.1 Å².